The molecule has 0 spiro atoms. The van der Waals surface area contributed by atoms with Crippen molar-refractivity contribution < 1.29 is 9.90 Å². The van der Waals surface area contributed by atoms with E-state index in [4.69, 9.17) is 0 Å². The molecular formula is C16H24N2O2S. The van der Waals surface area contributed by atoms with Crippen LogP contribution in [0.3, 0.4) is 0 Å². The molecular weight excluding hydrogens is 284 g/mol. The van der Waals surface area contributed by atoms with E-state index in [1.165, 1.54) is 12.8 Å². The molecule has 1 fully saturated rings. The second kappa shape index (κ2) is 7.71. The van der Waals surface area contributed by atoms with Crippen molar-refractivity contribution in [2.75, 3.05) is 30.7 Å². The van der Waals surface area contributed by atoms with Gasteiger partial charge in [0, 0.05) is 23.2 Å². The summed E-state index contributed by atoms with van der Waals surface area (Å²) in [6.45, 7) is 7.24. The third kappa shape index (κ3) is 3.92. The topological polar surface area (TPSA) is 52.6 Å². The van der Waals surface area contributed by atoms with Gasteiger partial charge in [-0.15, -0.1) is 11.8 Å². The highest BCUT2D eigenvalue weighted by Crippen LogP contribution is 2.29. The molecule has 0 aromatic heterocycles. The fourth-order valence-electron chi connectivity index (χ4n) is 2.95. The summed E-state index contributed by atoms with van der Waals surface area (Å²) >= 11 is 1.58. The van der Waals surface area contributed by atoms with Crippen molar-refractivity contribution in [3.63, 3.8) is 0 Å². The van der Waals surface area contributed by atoms with Crippen molar-refractivity contribution >= 4 is 23.4 Å². The third-order valence-electron chi connectivity index (χ3n) is 3.97. The molecule has 1 aliphatic heterocycles. The van der Waals surface area contributed by atoms with Crippen LogP contribution in [0.2, 0.25) is 0 Å². The average molecular weight is 308 g/mol. The third-order valence-corrected chi connectivity index (χ3v) is 4.91. The molecule has 0 saturated carbocycles. The largest absolute Gasteiger partial charge is 0.478 e. The Bertz CT molecular complexity index is 493. The molecule has 1 aliphatic rings. The zero-order valence-electron chi connectivity index (χ0n) is 12.8. The Labute approximate surface area is 130 Å². The number of nitrogens with one attached hydrogen (secondary N) is 1. The van der Waals surface area contributed by atoms with Crippen LogP contribution in [0.1, 0.15) is 37.0 Å². The summed E-state index contributed by atoms with van der Waals surface area (Å²) in [5.41, 5.74) is 1.15. The summed E-state index contributed by atoms with van der Waals surface area (Å²) < 4.78 is 0. The first kappa shape index (κ1) is 16.2. The lowest BCUT2D eigenvalue weighted by molar-refractivity contribution is 0.0694. The molecule has 2 rings (SSSR count). The normalized spacial score (nSPS) is 18.9. The van der Waals surface area contributed by atoms with E-state index in [1.807, 2.05) is 25.1 Å². The van der Waals surface area contributed by atoms with Crippen molar-refractivity contribution in [2.45, 2.75) is 37.6 Å². The predicted octanol–water partition coefficient (Wildman–Crippen LogP) is 3.39. The number of carboxylic acids is 1. The molecule has 1 aromatic rings. The predicted molar refractivity (Wildman–Crippen MR) is 88.6 cm³/mol. The van der Waals surface area contributed by atoms with Crippen LogP contribution in [0.4, 0.5) is 5.69 Å². The Morgan fingerprint density at radius 2 is 2.29 bits per heavy atom. The molecule has 1 atom stereocenters. The van der Waals surface area contributed by atoms with Crippen molar-refractivity contribution in [3.05, 3.63) is 23.8 Å². The maximum Gasteiger partial charge on any atom is 0.338 e. The maximum atomic E-state index is 11.6. The number of rotatable bonds is 7. The SMILES string of the molecule is CCSc1cccc(NCC2CCCN2CC)c1C(=O)O. The zero-order chi connectivity index (χ0) is 15.2. The monoisotopic (exact) mass is 308 g/mol. The minimum absolute atomic E-state index is 0.408. The Balaban J connectivity index is 2.12. The van der Waals surface area contributed by atoms with Crippen LogP contribution >= 0.6 is 11.8 Å². The van der Waals surface area contributed by atoms with E-state index in [0.29, 0.717) is 11.6 Å². The highest BCUT2D eigenvalue weighted by molar-refractivity contribution is 7.99. The minimum atomic E-state index is -0.854. The van der Waals surface area contributed by atoms with Gasteiger partial charge in [0.25, 0.3) is 0 Å². The molecule has 116 valence electrons. The molecule has 5 heteroatoms. The number of likely N-dealkylation sites (tertiary alicyclic amines) is 1. The first-order chi connectivity index (χ1) is 10.2. The van der Waals surface area contributed by atoms with Crippen LogP contribution in [-0.4, -0.2) is 47.4 Å². The number of carboxylic acid groups (broad SMARTS) is 1. The smallest absolute Gasteiger partial charge is 0.338 e. The van der Waals surface area contributed by atoms with Gasteiger partial charge in [0.1, 0.15) is 0 Å². The van der Waals surface area contributed by atoms with Crippen molar-refractivity contribution in [1.29, 1.82) is 0 Å². The van der Waals surface area contributed by atoms with Crippen molar-refractivity contribution in [1.82, 2.24) is 4.90 Å². The van der Waals surface area contributed by atoms with Crippen LogP contribution in [0.5, 0.6) is 0 Å². The van der Waals surface area contributed by atoms with E-state index in [-0.39, 0.29) is 0 Å². The first-order valence-corrected chi connectivity index (χ1v) is 8.63. The molecule has 2 N–H and O–H groups in total. The standard InChI is InChI=1S/C16H24N2O2S/c1-3-18-10-6-7-12(18)11-17-13-8-5-9-14(21-4-2)15(13)16(19)20/h5,8-9,12,17H,3-4,6-7,10-11H2,1-2H3,(H,19,20). The van der Waals surface area contributed by atoms with Gasteiger partial charge in [-0.25, -0.2) is 4.79 Å². The lowest BCUT2D eigenvalue weighted by atomic mass is 10.1. The maximum absolute atomic E-state index is 11.6. The van der Waals surface area contributed by atoms with Crippen LogP contribution in [0.25, 0.3) is 0 Å². The number of nitrogens with zero attached hydrogens (tertiary/aromatic N) is 1. The van der Waals surface area contributed by atoms with Gasteiger partial charge in [-0.2, -0.15) is 0 Å². The van der Waals surface area contributed by atoms with Crippen LogP contribution in [-0.2, 0) is 0 Å². The number of aromatic carboxylic acids is 1. The molecule has 4 nitrogen and oxygen atoms in total. The summed E-state index contributed by atoms with van der Waals surface area (Å²) in [5, 5.41) is 12.9. The van der Waals surface area contributed by atoms with E-state index in [9.17, 15) is 9.90 Å². The van der Waals surface area contributed by atoms with Gasteiger partial charge in [-0.1, -0.05) is 19.9 Å². The molecule has 0 amide bonds. The average Bonchev–Trinajstić information content (AvgIpc) is 2.92. The van der Waals surface area contributed by atoms with Gasteiger partial charge in [0.2, 0.25) is 0 Å². The van der Waals surface area contributed by atoms with Crippen LogP contribution in [0, 0.1) is 0 Å². The van der Waals surface area contributed by atoms with E-state index >= 15 is 0 Å². The second-order valence-corrected chi connectivity index (χ2v) is 6.53. The zero-order valence-corrected chi connectivity index (χ0v) is 13.6. The molecule has 0 bridgehead atoms. The van der Waals surface area contributed by atoms with Gasteiger partial charge < -0.3 is 10.4 Å². The van der Waals surface area contributed by atoms with E-state index in [0.717, 1.165) is 36.0 Å². The summed E-state index contributed by atoms with van der Waals surface area (Å²) in [7, 11) is 0. The molecule has 1 saturated heterocycles. The summed E-state index contributed by atoms with van der Waals surface area (Å²) in [4.78, 5) is 14.9. The van der Waals surface area contributed by atoms with Gasteiger partial charge in [-0.3, -0.25) is 4.90 Å². The molecule has 0 radical (unpaired) electrons. The molecule has 1 aromatic carbocycles. The Morgan fingerprint density at radius 3 is 2.95 bits per heavy atom. The first-order valence-electron chi connectivity index (χ1n) is 7.64. The van der Waals surface area contributed by atoms with Gasteiger partial charge in [-0.05, 0) is 43.8 Å². The van der Waals surface area contributed by atoms with Gasteiger partial charge >= 0.3 is 5.97 Å². The lowest BCUT2D eigenvalue weighted by Crippen LogP contribution is -2.34. The van der Waals surface area contributed by atoms with Crippen LogP contribution < -0.4 is 5.32 Å². The molecule has 1 unspecified atom stereocenters. The minimum Gasteiger partial charge on any atom is -0.478 e. The number of carbonyl (C=O) groups is 1. The number of benzene rings is 1. The Morgan fingerprint density at radius 1 is 1.48 bits per heavy atom. The highest BCUT2D eigenvalue weighted by Gasteiger charge is 2.23. The fourth-order valence-corrected chi connectivity index (χ4v) is 3.77. The van der Waals surface area contributed by atoms with Gasteiger partial charge in [0.05, 0.1) is 5.56 Å². The number of likely N-dealkylation sites (N-methyl/N-ethyl adjacent to an activating group) is 1. The molecule has 21 heavy (non-hydrogen) atoms. The number of hydrogen-bond donors (Lipinski definition) is 2. The number of anilines is 1. The summed E-state index contributed by atoms with van der Waals surface area (Å²) in [6.07, 6.45) is 2.42. The number of thioether (sulfide) groups is 1. The summed E-state index contributed by atoms with van der Waals surface area (Å²) in [5.74, 6) is 0.0171. The summed E-state index contributed by atoms with van der Waals surface area (Å²) in [6, 6.07) is 6.20. The molecule has 0 aliphatic carbocycles. The Kier molecular flexibility index (Phi) is 5.94. The quantitative estimate of drug-likeness (QED) is 0.756. The molecule has 1 heterocycles. The van der Waals surface area contributed by atoms with Crippen molar-refractivity contribution in [3.8, 4) is 0 Å². The number of hydrogen-bond acceptors (Lipinski definition) is 4. The van der Waals surface area contributed by atoms with E-state index < -0.39 is 5.97 Å². The highest BCUT2D eigenvalue weighted by atomic mass is 32.2. The van der Waals surface area contributed by atoms with E-state index in [1.54, 1.807) is 11.8 Å². The second-order valence-electron chi connectivity index (χ2n) is 5.22. The lowest BCUT2D eigenvalue weighted by Gasteiger charge is -2.24. The fraction of sp³-hybridized carbons (Fsp3) is 0.562. The Hall–Kier alpha value is -1.20. The van der Waals surface area contributed by atoms with Crippen molar-refractivity contribution in [2.24, 2.45) is 0 Å². The van der Waals surface area contributed by atoms with E-state index in [2.05, 4.69) is 17.1 Å². The van der Waals surface area contributed by atoms with Crippen LogP contribution in [0.15, 0.2) is 23.1 Å². The van der Waals surface area contributed by atoms with Gasteiger partial charge in [0.15, 0.2) is 0 Å².